The van der Waals surface area contributed by atoms with Gasteiger partial charge < -0.3 is 10.2 Å². The number of nitrogens with zero attached hydrogens (tertiary/aromatic N) is 3. The molecule has 0 radical (unpaired) electrons. The third-order valence-corrected chi connectivity index (χ3v) is 3.39. The summed E-state index contributed by atoms with van der Waals surface area (Å²) < 4.78 is 0. The van der Waals surface area contributed by atoms with Crippen molar-refractivity contribution >= 4 is 34.4 Å². The summed E-state index contributed by atoms with van der Waals surface area (Å²) in [4.78, 5) is 11.2. The van der Waals surface area contributed by atoms with Crippen molar-refractivity contribution in [2.75, 3.05) is 42.9 Å². The first kappa shape index (κ1) is 13.0. The van der Waals surface area contributed by atoms with E-state index in [-0.39, 0.29) is 0 Å². The second-order valence-electron chi connectivity index (χ2n) is 4.05. The average molecular weight is 262 g/mol. The minimum absolute atomic E-state index is 0.666. The zero-order valence-corrected chi connectivity index (χ0v) is 11.8. The number of hydrogen-bond acceptors (Lipinski definition) is 5. The van der Waals surface area contributed by atoms with Gasteiger partial charge in [0.15, 0.2) is 0 Å². The second-order valence-corrected chi connectivity index (χ2v) is 5.04. The van der Waals surface area contributed by atoms with Gasteiger partial charge in [0.2, 0.25) is 5.95 Å². The summed E-state index contributed by atoms with van der Waals surface area (Å²) in [6.45, 7) is 0.978. The third-order valence-electron chi connectivity index (χ3n) is 2.80. The molecule has 0 saturated carbocycles. The average Bonchev–Trinajstić information content (AvgIpc) is 2.43. The van der Waals surface area contributed by atoms with Gasteiger partial charge in [-0.1, -0.05) is 12.1 Å². The van der Waals surface area contributed by atoms with Crippen molar-refractivity contribution in [2.45, 2.75) is 0 Å². The Labute approximate surface area is 112 Å². The molecule has 18 heavy (non-hydrogen) atoms. The number of benzene rings is 1. The van der Waals surface area contributed by atoms with Gasteiger partial charge in [0.05, 0.1) is 5.52 Å². The van der Waals surface area contributed by atoms with Crippen LogP contribution in [0.25, 0.3) is 10.9 Å². The van der Waals surface area contributed by atoms with E-state index in [1.807, 2.05) is 37.0 Å². The van der Waals surface area contributed by atoms with Crippen molar-refractivity contribution in [3.8, 4) is 0 Å². The summed E-state index contributed by atoms with van der Waals surface area (Å²) in [6, 6.07) is 8.11. The highest BCUT2D eigenvalue weighted by atomic mass is 32.2. The Balaban J connectivity index is 2.46. The van der Waals surface area contributed by atoms with E-state index in [2.05, 4.69) is 39.6 Å². The maximum atomic E-state index is 4.57. The van der Waals surface area contributed by atoms with Crippen LogP contribution in [0.3, 0.4) is 0 Å². The van der Waals surface area contributed by atoms with E-state index in [0.717, 1.165) is 29.0 Å². The summed E-state index contributed by atoms with van der Waals surface area (Å²) in [5.41, 5.74) is 0.975. The van der Waals surface area contributed by atoms with E-state index in [0.29, 0.717) is 5.95 Å². The predicted molar refractivity (Wildman–Crippen MR) is 80.7 cm³/mol. The molecular formula is C13H18N4S. The Kier molecular flexibility index (Phi) is 4.25. The lowest BCUT2D eigenvalue weighted by atomic mass is 10.2. The molecule has 1 N–H and O–H groups in total. The van der Waals surface area contributed by atoms with Gasteiger partial charge in [0, 0.05) is 31.8 Å². The Morgan fingerprint density at radius 3 is 2.78 bits per heavy atom. The molecule has 0 aliphatic rings. The summed E-state index contributed by atoms with van der Waals surface area (Å²) in [5, 5.41) is 4.11. The van der Waals surface area contributed by atoms with Gasteiger partial charge >= 0.3 is 0 Å². The fraction of sp³-hybridized carbons (Fsp3) is 0.385. The lowest BCUT2D eigenvalue weighted by molar-refractivity contribution is 0.949. The molecule has 2 rings (SSSR count). The standard InChI is InChI=1S/C13H18N4S/c1-14-13-15-11-7-5-4-6-10(11)12(16-13)17(2)8-9-18-3/h4-7H,8-9H2,1-3H3,(H,14,15,16). The van der Waals surface area contributed by atoms with Crippen LogP contribution in [0.4, 0.5) is 11.8 Å². The van der Waals surface area contributed by atoms with Crippen molar-refractivity contribution < 1.29 is 0 Å². The van der Waals surface area contributed by atoms with Crippen molar-refractivity contribution in [1.29, 1.82) is 0 Å². The summed E-state index contributed by atoms with van der Waals surface area (Å²) in [6.07, 6.45) is 2.12. The normalized spacial score (nSPS) is 10.6. The molecule has 1 aromatic carbocycles. The smallest absolute Gasteiger partial charge is 0.224 e. The minimum atomic E-state index is 0.666. The van der Waals surface area contributed by atoms with Crippen molar-refractivity contribution in [3.63, 3.8) is 0 Å². The molecule has 0 amide bonds. The molecule has 0 atom stereocenters. The number of rotatable bonds is 5. The van der Waals surface area contributed by atoms with Gasteiger partial charge in [0.1, 0.15) is 5.82 Å². The maximum absolute atomic E-state index is 4.57. The van der Waals surface area contributed by atoms with E-state index in [9.17, 15) is 0 Å². The molecule has 0 spiro atoms. The van der Waals surface area contributed by atoms with Gasteiger partial charge in [-0.15, -0.1) is 0 Å². The van der Waals surface area contributed by atoms with Crippen LogP contribution in [0.1, 0.15) is 0 Å². The lowest BCUT2D eigenvalue weighted by Crippen LogP contribution is -2.22. The second kappa shape index (κ2) is 5.91. The van der Waals surface area contributed by atoms with Crippen LogP contribution < -0.4 is 10.2 Å². The summed E-state index contributed by atoms with van der Waals surface area (Å²) >= 11 is 1.84. The molecular weight excluding hydrogens is 244 g/mol. The third kappa shape index (κ3) is 2.67. The van der Waals surface area contributed by atoms with E-state index >= 15 is 0 Å². The number of nitrogens with one attached hydrogen (secondary N) is 1. The first-order valence-electron chi connectivity index (χ1n) is 5.91. The number of anilines is 2. The monoisotopic (exact) mass is 262 g/mol. The zero-order valence-electron chi connectivity index (χ0n) is 11.0. The van der Waals surface area contributed by atoms with Crippen LogP contribution in [0.2, 0.25) is 0 Å². The van der Waals surface area contributed by atoms with Gasteiger partial charge in [-0.05, 0) is 18.4 Å². The molecule has 0 aliphatic carbocycles. The molecule has 0 bridgehead atoms. The largest absolute Gasteiger partial charge is 0.358 e. The first-order chi connectivity index (χ1) is 8.76. The van der Waals surface area contributed by atoms with Gasteiger partial charge in [-0.2, -0.15) is 16.7 Å². The Hall–Kier alpha value is -1.49. The fourth-order valence-electron chi connectivity index (χ4n) is 1.80. The molecule has 0 saturated heterocycles. The summed E-state index contributed by atoms with van der Waals surface area (Å²) in [5.74, 6) is 2.74. The van der Waals surface area contributed by atoms with Gasteiger partial charge in [-0.3, -0.25) is 0 Å². The molecule has 2 aromatic rings. The van der Waals surface area contributed by atoms with E-state index in [1.165, 1.54) is 0 Å². The predicted octanol–water partition coefficient (Wildman–Crippen LogP) is 2.47. The highest BCUT2D eigenvalue weighted by molar-refractivity contribution is 7.98. The van der Waals surface area contributed by atoms with Gasteiger partial charge in [-0.25, -0.2) is 4.98 Å². The number of thioether (sulfide) groups is 1. The molecule has 1 heterocycles. The van der Waals surface area contributed by atoms with Crippen molar-refractivity contribution in [1.82, 2.24) is 9.97 Å². The quantitative estimate of drug-likeness (QED) is 0.896. The highest BCUT2D eigenvalue weighted by Crippen LogP contribution is 2.24. The molecule has 0 unspecified atom stereocenters. The van der Waals surface area contributed by atoms with E-state index in [1.54, 1.807) is 0 Å². The topological polar surface area (TPSA) is 41.1 Å². The number of para-hydroxylation sites is 1. The SMILES string of the molecule is CNc1nc(N(C)CCSC)c2ccccc2n1. The highest BCUT2D eigenvalue weighted by Gasteiger charge is 2.10. The molecule has 0 fully saturated rings. The van der Waals surface area contributed by atoms with Crippen LogP contribution in [0.5, 0.6) is 0 Å². The van der Waals surface area contributed by atoms with E-state index in [4.69, 9.17) is 0 Å². The number of hydrogen-bond donors (Lipinski definition) is 1. The van der Waals surface area contributed by atoms with Crippen LogP contribution in [-0.2, 0) is 0 Å². The fourth-order valence-corrected chi connectivity index (χ4v) is 2.25. The first-order valence-corrected chi connectivity index (χ1v) is 7.30. The van der Waals surface area contributed by atoms with Crippen LogP contribution in [0, 0.1) is 0 Å². The molecule has 1 aromatic heterocycles. The molecule has 5 heteroatoms. The number of fused-ring (bicyclic) bond motifs is 1. The zero-order chi connectivity index (χ0) is 13.0. The minimum Gasteiger partial charge on any atom is -0.358 e. The molecule has 96 valence electrons. The summed E-state index contributed by atoms with van der Waals surface area (Å²) in [7, 11) is 3.92. The Morgan fingerprint density at radius 1 is 1.28 bits per heavy atom. The Bertz CT molecular complexity index is 529. The van der Waals surface area contributed by atoms with Crippen molar-refractivity contribution in [3.05, 3.63) is 24.3 Å². The van der Waals surface area contributed by atoms with Gasteiger partial charge in [0.25, 0.3) is 0 Å². The molecule has 0 aliphatic heterocycles. The molecule has 4 nitrogen and oxygen atoms in total. The lowest BCUT2D eigenvalue weighted by Gasteiger charge is -2.20. The van der Waals surface area contributed by atoms with Crippen molar-refractivity contribution in [2.24, 2.45) is 0 Å². The van der Waals surface area contributed by atoms with Crippen LogP contribution in [-0.4, -0.2) is 42.6 Å². The van der Waals surface area contributed by atoms with E-state index < -0.39 is 0 Å². The Morgan fingerprint density at radius 2 is 2.06 bits per heavy atom. The van der Waals surface area contributed by atoms with Crippen LogP contribution in [0.15, 0.2) is 24.3 Å². The maximum Gasteiger partial charge on any atom is 0.224 e. The van der Waals surface area contributed by atoms with Crippen LogP contribution >= 0.6 is 11.8 Å². The number of aromatic nitrogens is 2.